The van der Waals surface area contributed by atoms with Crippen LogP contribution >= 0.6 is 15.9 Å². The second-order valence-corrected chi connectivity index (χ2v) is 7.14. The molecule has 0 radical (unpaired) electrons. The zero-order chi connectivity index (χ0) is 21.2. The maximum atomic E-state index is 11.9. The number of amides is 1. The number of hydrazone groups is 1. The number of carbonyl (C=O) groups excluding carboxylic acids is 1. The molecule has 0 aliphatic rings. The Morgan fingerprint density at radius 1 is 1.00 bits per heavy atom. The Bertz CT molecular complexity index is 1010. The Kier molecular flexibility index (Phi) is 7.86. The highest BCUT2D eigenvalue weighted by Crippen LogP contribution is 2.28. The molecule has 0 heterocycles. The molecule has 1 N–H and O–H groups in total. The first kappa shape index (κ1) is 21.4. The van der Waals surface area contributed by atoms with E-state index in [1.54, 1.807) is 31.4 Å². The van der Waals surface area contributed by atoms with Crippen molar-refractivity contribution in [1.82, 2.24) is 5.43 Å². The van der Waals surface area contributed by atoms with Gasteiger partial charge in [0.1, 0.15) is 12.4 Å². The zero-order valence-electron chi connectivity index (χ0n) is 16.4. The Balaban J connectivity index is 1.51. The van der Waals surface area contributed by atoms with E-state index in [4.69, 9.17) is 14.2 Å². The number of methoxy groups -OCH3 is 1. The molecule has 3 aromatic rings. The lowest BCUT2D eigenvalue weighted by molar-refractivity contribution is -0.123. The van der Waals surface area contributed by atoms with Gasteiger partial charge >= 0.3 is 0 Å². The predicted octanol–water partition coefficient (Wildman–Crippen LogP) is 4.57. The van der Waals surface area contributed by atoms with E-state index in [2.05, 4.69) is 26.5 Å². The molecule has 3 rings (SSSR count). The fourth-order valence-electron chi connectivity index (χ4n) is 2.54. The van der Waals surface area contributed by atoms with Crippen LogP contribution < -0.4 is 19.6 Å². The highest BCUT2D eigenvalue weighted by atomic mass is 79.9. The number of nitrogens with one attached hydrogen (secondary N) is 1. The molecule has 154 valence electrons. The molecule has 0 saturated heterocycles. The lowest BCUT2D eigenvalue weighted by atomic mass is 10.2. The summed E-state index contributed by atoms with van der Waals surface area (Å²) in [5.41, 5.74) is 4.26. The van der Waals surface area contributed by atoms with Gasteiger partial charge in [0.2, 0.25) is 0 Å². The minimum absolute atomic E-state index is 0.136. The summed E-state index contributed by atoms with van der Waals surface area (Å²) in [4.78, 5) is 11.9. The second-order valence-electron chi connectivity index (χ2n) is 6.22. The van der Waals surface area contributed by atoms with E-state index in [-0.39, 0.29) is 12.5 Å². The van der Waals surface area contributed by atoms with E-state index in [9.17, 15) is 4.79 Å². The third-order valence-corrected chi connectivity index (χ3v) is 4.49. The summed E-state index contributed by atoms with van der Waals surface area (Å²) in [5.74, 6) is 1.45. The average molecular weight is 469 g/mol. The molecule has 30 heavy (non-hydrogen) atoms. The number of nitrogens with zero attached hydrogens (tertiary/aromatic N) is 1. The molecule has 1 amide bonds. The summed E-state index contributed by atoms with van der Waals surface area (Å²) in [7, 11) is 1.58. The van der Waals surface area contributed by atoms with E-state index >= 15 is 0 Å². The highest BCUT2D eigenvalue weighted by Gasteiger charge is 2.06. The van der Waals surface area contributed by atoms with Gasteiger partial charge in [0.25, 0.3) is 5.91 Å². The van der Waals surface area contributed by atoms with Gasteiger partial charge in [-0.3, -0.25) is 4.79 Å². The molecule has 0 bridgehead atoms. The minimum Gasteiger partial charge on any atom is -0.493 e. The molecule has 0 spiro atoms. The summed E-state index contributed by atoms with van der Waals surface area (Å²) >= 11 is 3.35. The lowest BCUT2D eigenvalue weighted by Gasteiger charge is -2.11. The second kappa shape index (κ2) is 11.0. The fraction of sp³-hybridized carbons (Fsp3) is 0.130. The highest BCUT2D eigenvalue weighted by molar-refractivity contribution is 9.10. The average Bonchev–Trinajstić information content (AvgIpc) is 2.77. The number of rotatable bonds is 9. The van der Waals surface area contributed by atoms with Crippen molar-refractivity contribution in [3.63, 3.8) is 0 Å². The molecule has 6 nitrogen and oxygen atoms in total. The third-order valence-electron chi connectivity index (χ3n) is 3.99. The van der Waals surface area contributed by atoms with Crippen LogP contribution in [0.3, 0.4) is 0 Å². The Morgan fingerprint density at radius 2 is 1.83 bits per heavy atom. The SMILES string of the molecule is COc1cc(/C=N/NC(=O)COc2cccc(Br)c2)ccc1OCc1ccccc1. The van der Waals surface area contributed by atoms with Crippen LogP contribution in [0.25, 0.3) is 0 Å². The van der Waals surface area contributed by atoms with Gasteiger partial charge in [-0.2, -0.15) is 5.10 Å². The van der Waals surface area contributed by atoms with Crippen molar-refractivity contribution in [3.05, 3.63) is 88.4 Å². The van der Waals surface area contributed by atoms with E-state index in [0.717, 1.165) is 15.6 Å². The van der Waals surface area contributed by atoms with Gasteiger partial charge in [0, 0.05) is 4.47 Å². The van der Waals surface area contributed by atoms with Crippen molar-refractivity contribution < 1.29 is 19.0 Å². The summed E-state index contributed by atoms with van der Waals surface area (Å²) in [6.45, 7) is 0.308. The first-order valence-electron chi connectivity index (χ1n) is 9.19. The first-order chi connectivity index (χ1) is 14.6. The predicted molar refractivity (Wildman–Crippen MR) is 119 cm³/mol. The van der Waals surface area contributed by atoms with Crippen LogP contribution in [-0.4, -0.2) is 25.8 Å². The zero-order valence-corrected chi connectivity index (χ0v) is 18.0. The maximum absolute atomic E-state index is 11.9. The lowest BCUT2D eigenvalue weighted by Crippen LogP contribution is -2.24. The number of ether oxygens (including phenoxy) is 3. The van der Waals surface area contributed by atoms with Gasteiger partial charge < -0.3 is 14.2 Å². The standard InChI is InChI=1S/C23H21BrN2O4/c1-28-22-12-18(10-11-21(22)30-15-17-6-3-2-4-7-17)14-25-26-23(27)16-29-20-9-5-8-19(24)13-20/h2-14H,15-16H2,1H3,(H,26,27)/b25-14+. The number of benzene rings is 3. The number of halogens is 1. The van der Waals surface area contributed by atoms with E-state index < -0.39 is 0 Å². The van der Waals surface area contributed by atoms with Crippen molar-refractivity contribution in [3.8, 4) is 17.2 Å². The maximum Gasteiger partial charge on any atom is 0.277 e. The summed E-state index contributed by atoms with van der Waals surface area (Å²) in [5, 5.41) is 3.96. The first-order valence-corrected chi connectivity index (χ1v) is 9.98. The summed E-state index contributed by atoms with van der Waals surface area (Å²) in [6, 6.07) is 22.6. The van der Waals surface area contributed by atoms with Crippen LogP contribution in [0.1, 0.15) is 11.1 Å². The minimum atomic E-state index is -0.360. The van der Waals surface area contributed by atoms with Crippen molar-refractivity contribution in [2.24, 2.45) is 5.10 Å². The van der Waals surface area contributed by atoms with Gasteiger partial charge in [-0.05, 0) is 47.5 Å². The number of hydrogen-bond acceptors (Lipinski definition) is 5. The monoisotopic (exact) mass is 468 g/mol. The molecule has 0 fully saturated rings. The van der Waals surface area contributed by atoms with Crippen LogP contribution in [0.15, 0.2) is 82.4 Å². The van der Waals surface area contributed by atoms with Crippen molar-refractivity contribution >= 4 is 28.1 Å². The van der Waals surface area contributed by atoms with E-state index in [0.29, 0.717) is 23.9 Å². The Labute approximate surface area is 183 Å². The number of hydrogen-bond donors (Lipinski definition) is 1. The molecule has 0 atom stereocenters. The van der Waals surface area contributed by atoms with Gasteiger partial charge in [-0.15, -0.1) is 0 Å². The van der Waals surface area contributed by atoms with Crippen LogP contribution in [0, 0.1) is 0 Å². The smallest absolute Gasteiger partial charge is 0.277 e. The molecule has 3 aromatic carbocycles. The Hall–Kier alpha value is -3.32. The van der Waals surface area contributed by atoms with Gasteiger partial charge in [0.15, 0.2) is 18.1 Å². The number of carbonyl (C=O) groups is 1. The molecule has 0 aliphatic heterocycles. The van der Waals surface area contributed by atoms with Crippen molar-refractivity contribution in [2.45, 2.75) is 6.61 Å². The van der Waals surface area contributed by atoms with Gasteiger partial charge in [0.05, 0.1) is 13.3 Å². The molecule has 0 unspecified atom stereocenters. The third kappa shape index (κ3) is 6.63. The van der Waals surface area contributed by atoms with Gasteiger partial charge in [-0.25, -0.2) is 5.43 Å². The van der Waals surface area contributed by atoms with Crippen LogP contribution in [0.4, 0.5) is 0 Å². The topological polar surface area (TPSA) is 69.2 Å². The van der Waals surface area contributed by atoms with E-state index in [1.165, 1.54) is 6.21 Å². The molecule has 0 aliphatic carbocycles. The van der Waals surface area contributed by atoms with Crippen molar-refractivity contribution in [2.75, 3.05) is 13.7 Å². The van der Waals surface area contributed by atoms with E-state index in [1.807, 2.05) is 48.5 Å². The fourth-order valence-corrected chi connectivity index (χ4v) is 2.91. The van der Waals surface area contributed by atoms with Gasteiger partial charge in [-0.1, -0.05) is 52.3 Å². The summed E-state index contributed by atoms with van der Waals surface area (Å²) < 4.78 is 17.5. The van der Waals surface area contributed by atoms with Crippen LogP contribution in [-0.2, 0) is 11.4 Å². The summed E-state index contributed by atoms with van der Waals surface area (Å²) in [6.07, 6.45) is 1.53. The van der Waals surface area contributed by atoms with Crippen LogP contribution in [0.5, 0.6) is 17.2 Å². The Morgan fingerprint density at radius 3 is 2.60 bits per heavy atom. The normalized spacial score (nSPS) is 10.6. The molecule has 0 saturated carbocycles. The molecular formula is C23H21BrN2O4. The van der Waals surface area contributed by atoms with Crippen LogP contribution in [0.2, 0.25) is 0 Å². The molecule has 7 heteroatoms. The molecule has 0 aromatic heterocycles. The van der Waals surface area contributed by atoms with Crippen molar-refractivity contribution in [1.29, 1.82) is 0 Å². The molecular weight excluding hydrogens is 448 g/mol. The quantitative estimate of drug-likeness (QED) is 0.369. The largest absolute Gasteiger partial charge is 0.493 e.